The fraction of sp³-hybridized carbons (Fsp3) is 0.125. The summed E-state index contributed by atoms with van der Waals surface area (Å²) in [7, 11) is 0. The molecule has 7 aromatic carbocycles. The zero-order valence-electron chi connectivity index (χ0n) is 29.7. The molecule has 3 nitrogen and oxygen atoms in total. The summed E-state index contributed by atoms with van der Waals surface area (Å²) < 4.78 is 11.9. The van der Waals surface area contributed by atoms with Gasteiger partial charge in [-0.1, -0.05) is 130 Å². The van der Waals surface area contributed by atoms with Crippen molar-refractivity contribution in [3.63, 3.8) is 0 Å². The molecule has 0 saturated carbocycles. The maximum Gasteiger partial charge on any atom is 0.251 e. The third-order valence-corrected chi connectivity index (χ3v) is 12.8. The second-order valence-electron chi connectivity index (χ2n) is 16.1. The van der Waals surface area contributed by atoms with Crippen LogP contribution in [-0.4, -0.2) is 15.8 Å². The van der Waals surface area contributed by atoms with Crippen LogP contribution in [0, 0.1) is 0 Å². The van der Waals surface area contributed by atoms with Crippen molar-refractivity contribution in [2.75, 3.05) is 0 Å². The van der Waals surface area contributed by atoms with Gasteiger partial charge in [-0.15, -0.1) is 0 Å². The predicted molar refractivity (Wildman–Crippen MR) is 217 cm³/mol. The molecule has 0 radical (unpaired) electrons. The van der Waals surface area contributed by atoms with Crippen LogP contribution in [0.15, 0.2) is 140 Å². The third-order valence-electron chi connectivity index (χ3n) is 12.8. The Labute approximate surface area is 302 Å². The minimum absolute atomic E-state index is 0.130. The molecule has 0 fully saturated rings. The van der Waals surface area contributed by atoms with Crippen molar-refractivity contribution in [2.45, 2.75) is 38.5 Å². The van der Waals surface area contributed by atoms with Crippen LogP contribution in [0.2, 0.25) is 0 Å². The molecule has 9 aromatic rings. The average molecular weight is 667 g/mol. The summed E-state index contributed by atoms with van der Waals surface area (Å²) in [6, 6.07) is 52.0. The standard InChI is InChI=1S/C48H35BN2O/c1-47(2)33-17-7-8-19-37(33)49-38-20-9-12-23-43(38)52-44-25-28(24-36(47)45(44)49)50-39-21-10-6-15-30(39)32-26-35-42(27-41(32)50)51-40-22-11-5-14-29(40)31-16-13-18-34(46(31)51)48(35,3)4/h5-27H,1-4H3. The Morgan fingerprint density at radius 1 is 0.462 bits per heavy atom. The molecule has 0 saturated heterocycles. The lowest BCUT2D eigenvalue weighted by atomic mass is 9.30. The number of hydrogen-bond acceptors (Lipinski definition) is 1. The molecule has 4 heteroatoms. The Morgan fingerprint density at radius 2 is 1.10 bits per heavy atom. The van der Waals surface area contributed by atoms with Crippen LogP contribution in [-0.2, 0) is 10.8 Å². The maximum absolute atomic E-state index is 6.91. The van der Waals surface area contributed by atoms with E-state index < -0.39 is 0 Å². The molecule has 0 atom stereocenters. The highest BCUT2D eigenvalue weighted by Crippen LogP contribution is 2.50. The SMILES string of the molecule is CC1(C)c2ccccc2B2c3ccccc3Oc3cc(-n4c5ccccc5c5cc6c(cc54)-n4c5ccccc5c5cccc(c54)C6(C)C)cc1c32. The van der Waals surface area contributed by atoms with E-state index in [4.69, 9.17) is 4.74 Å². The second-order valence-corrected chi connectivity index (χ2v) is 16.1. The van der Waals surface area contributed by atoms with Crippen molar-refractivity contribution in [2.24, 2.45) is 0 Å². The van der Waals surface area contributed by atoms with E-state index in [2.05, 4.69) is 176 Å². The van der Waals surface area contributed by atoms with Gasteiger partial charge >= 0.3 is 0 Å². The first-order valence-electron chi connectivity index (χ1n) is 18.5. The number of nitrogens with zero attached hydrogens (tertiary/aromatic N) is 2. The lowest BCUT2D eigenvalue weighted by Crippen LogP contribution is -2.62. The number of hydrogen-bond donors (Lipinski definition) is 0. The van der Waals surface area contributed by atoms with E-state index >= 15 is 0 Å². The van der Waals surface area contributed by atoms with Crippen molar-refractivity contribution < 1.29 is 4.74 Å². The first-order valence-corrected chi connectivity index (χ1v) is 18.5. The molecule has 0 spiro atoms. The summed E-state index contributed by atoms with van der Waals surface area (Å²) in [5.41, 5.74) is 16.3. The Morgan fingerprint density at radius 3 is 1.92 bits per heavy atom. The minimum atomic E-state index is -0.218. The first-order chi connectivity index (χ1) is 25.3. The number of para-hydroxylation sites is 4. The summed E-state index contributed by atoms with van der Waals surface area (Å²) in [4.78, 5) is 0. The highest BCUT2D eigenvalue weighted by atomic mass is 16.5. The van der Waals surface area contributed by atoms with Crippen LogP contribution in [0.3, 0.4) is 0 Å². The number of rotatable bonds is 1. The molecule has 0 amide bonds. The highest BCUT2D eigenvalue weighted by molar-refractivity contribution is 6.98. The fourth-order valence-electron chi connectivity index (χ4n) is 10.4. The monoisotopic (exact) mass is 666 g/mol. The molecule has 3 aliphatic rings. The van der Waals surface area contributed by atoms with Gasteiger partial charge in [0, 0.05) is 38.4 Å². The predicted octanol–water partition coefficient (Wildman–Crippen LogP) is 9.78. The van der Waals surface area contributed by atoms with Crippen LogP contribution >= 0.6 is 0 Å². The van der Waals surface area contributed by atoms with Crippen molar-refractivity contribution >= 4 is 66.7 Å². The van der Waals surface area contributed by atoms with E-state index in [1.807, 2.05) is 0 Å². The Balaban J connectivity index is 1.20. The largest absolute Gasteiger partial charge is 0.458 e. The van der Waals surface area contributed by atoms with Crippen molar-refractivity contribution in [1.82, 2.24) is 9.13 Å². The lowest BCUT2D eigenvalue weighted by molar-refractivity contribution is 0.484. The molecule has 12 rings (SSSR count). The third kappa shape index (κ3) is 3.34. The van der Waals surface area contributed by atoms with Crippen molar-refractivity contribution in [3.8, 4) is 22.9 Å². The summed E-state index contributed by atoms with van der Waals surface area (Å²) in [5.74, 6) is 1.90. The summed E-state index contributed by atoms with van der Waals surface area (Å²) in [6.07, 6.45) is 0. The van der Waals surface area contributed by atoms with Gasteiger partial charge in [-0.2, -0.15) is 0 Å². The Hall–Kier alpha value is -6.00. The van der Waals surface area contributed by atoms with E-state index in [1.54, 1.807) is 0 Å². The van der Waals surface area contributed by atoms with Crippen LogP contribution in [0.1, 0.15) is 49.9 Å². The zero-order chi connectivity index (χ0) is 34.7. The van der Waals surface area contributed by atoms with E-state index in [1.165, 1.54) is 87.9 Å². The van der Waals surface area contributed by atoms with Gasteiger partial charge in [0.1, 0.15) is 11.5 Å². The molecule has 3 aliphatic heterocycles. The number of aromatic nitrogens is 2. The van der Waals surface area contributed by atoms with Crippen LogP contribution in [0.4, 0.5) is 0 Å². The van der Waals surface area contributed by atoms with Gasteiger partial charge in [-0.3, -0.25) is 0 Å². The summed E-state index contributed by atoms with van der Waals surface area (Å²) in [6.45, 7) is 9.68. The van der Waals surface area contributed by atoms with E-state index in [0.29, 0.717) is 0 Å². The second kappa shape index (κ2) is 9.46. The topological polar surface area (TPSA) is 19.1 Å². The normalized spacial score (nSPS) is 15.7. The molecule has 246 valence electrons. The van der Waals surface area contributed by atoms with Gasteiger partial charge in [-0.25, -0.2) is 0 Å². The molecular weight excluding hydrogens is 631 g/mol. The summed E-state index contributed by atoms with van der Waals surface area (Å²) in [5, 5.41) is 5.15. The first kappa shape index (κ1) is 28.7. The molecule has 0 bridgehead atoms. The number of benzene rings is 7. The average Bonchev–Trinajstić information content (AvgIpc) is 3.68. The van der Waals surface area contributed by atoms with Crippen LogP contribution in [0.5, 0.6) is 11.5 Å². The minimum Gasteiger partial charge on any atom is -0.458 e. The molecule has 5 heterocycles. The van der Waals surface area contributed by atoms with Gasteiger partial charge in [0.05, 0.1) is 33.4 Å². The smallest absolute Gasteiger partial charge is 0.251 e. The van der Waals surface area contributed by atoms with Crippen LogP contribution < -0.4 is 21.1 Å². The van der Waals surface area contributed by atoms with Crippen LogP contribution in [0.25, 0.3) is 55.0 Å². The lowest BCUT2D eigenvalue weighted by Gasteiger charge is -2.42. The quantitative estimate of drug-likeness (QED) is 0.160. The molecule has 0 aliphatic carbocycles. The van der Waals surface area contributed by atoms with Gasteiger partial charge in [-0.05, 0) is 69.6 Å². The number of fused-ring (bicyclic) bond motifs is 12. The molecule has 0 N–H and O–H groups in total. The van der Waals surface area contributed by atoms with Crippen molar-refractivity contribution in [3.05, 3.63) is 162 Å². The molecule has 0 unspecified atom stereocenters. The van der Waals surface area contributed by atoms with E-state index in [-0.39, 0.29) is 17.5 Å². The van der Waals surface area contributed by atoms with Gasteiger partial charge < -0.3 is 13.9 Å². The molecule has 52 heavy (non-hydrogen) atoms. The van der Waals surface area contributed by atoms with Crippen molar-refractivity contribution in [1.29, 1.82) is 0 Å². The maximum atomic E-state index is 6.91. The van der Waals surface area contributed by atoms with Gasteiger partial charge in [0.25, 0.3) is 6.71 Å². The van der Waals surface area contributed by atoms with Gasteiger partial charge in [0.2, 0.25) is 0 Å². The van der Waals surface area contributed by atoms with E-state index in [0.717, 1.165) is 17.2 Å². The Kier molecular flexibility index (Phi) is 5.21. The van der Waals surface area contributed by atoms with E-state index in [9.17, 15) is 0 Å². The fourth-order valence-corrected chi connectivity index (χ4v) is 10.4. The molecule has 2 aromatic heterocycles. The molecular formula is C48H35BN2O. The zero-order valence-corrected chi connectivity index (χ0v) is 29.7. The van der Waals surface area contributed by atoms with Gasteiger partial charge in [0.15, 0.2) is 0 Å². The number of ether oxygens (including phenoxy) is 1. The Bertz CT molecular complexity index is 3070. The highest BCUT2D eigenvalue weighted by Gasteiger charge is 2.45. The summed E-state index contributed by atoms with van der Waals surface area (Å²) >= 11 is 0.